The van der Waals surface area contributed by atoms with Gasteiger partial charge in [0.25, 0.3) is 0 Å². The van der Waals surface area contributed by atoms with Crippen molar-refractivity contribution in [3.63, 3.8) is 0 Å². The fourth-order valence-corrected chi connectivity index (χ4v) is 2.82. The van der Waals surface area contributed by atoms with Crippen LogP contribution in [0, 0.1) is 0 Å². The van der Waals surface area contributed by atoms with Gasteiger partial charge in [-0.1, -0.05) is 24.3 Å². The topological polar surface area (TPSA) is 91.7 Å². The van der Waals surface area contributed by atoms with Gasteiger partial charge in [-0.05, 0) is 60.4 Å². The summed E-state index contributed by atoms with van der Waals surface area (Å²) in [5.74, 6) is -2.00. The van der Waals surface area contributed by atoms with Gasteiger partial charge in [-0.15, -0.1) is 0 Å². The molecule has 5 nitrogen and oxygen atoms in total. The standard InChI is InChI=1S/C21H16O5/c22-19-17(11-13-1-5-15(6-2-13)20(23)24)9-10-18(19)12-14-3-7-16(8-4-14)21(25)26/h1-8,11-12H,9-10H2,(H,23,24)(H,25,26)/b17-11-,18-12+. The SMILES string of the molecule is O=C1/C(=C\c2ccc(C(=O)O)cc2)CC/C1=C\c1ccc(C(=O)O)cc1. The summed E-state index contributed by atoms with van der Waals surface area (Å²) >= 11 is 0. The maximum atomic E-state index is 12.5. The highest BCUT2D eigenvalue weighted by Gasteiger charge is 2.22. The number of benzene rings is 2. The van der Waals surface area contributed by atoms with Crippen LogP contribution in [0.25, 0.3) is 12.2 Å². The minimum absolute atomic E-state index is 0.0328. The Morgan fingerprint density at radius 2 is 1.04 bits per heavy atom. The molecule has 1 aliphatic rings. The molecule has 0 atom stereocenters. The average Bonchev–Trinajstić information content (AvgIpc) is 2.96. The Labute approximate surface area is 149 Å². The van der Waals surface area contributed by atoms with E-state index >= 15 is 0 Å². The molecule has 0 unspecified atom stereocenters. The minimum Gasteiger partial charge on any atom is -0.478 e. The molecule has 0 spiro atoms. The highest BCUT2D eigenvalue weighted by atomic mass is 16.4. The number of hydrogen-bond donors (Lipinski definition) is 2. The number of hydrogen-bond acceptors (Lipinski definition) is 3. The van der Waals surface area contributed by atoms with Crippen LogP contribution >= 0.6 is 0 Å². The Morgan fingerprint density at radius 3 is 1.35 bits per heavy atom. The van der Waals surface area contributed by atoms with Crippen molar-refractivity contribution in [2.45, 2.75) is 12.8 Å². The van der Waals surface area contributed by atoms with Crippen molar-refractivity contribution in [1.82, 2.24) is 0 Å². The van der Waals surface area contributed by atoms with E-state index in [9.17, 15) is 14.4 Å². The van der Waals surface area contributed by atoms with E-state index in [0.29, 0.717) is 24.0 Å². The van der Waals surface area contributed by atoms with Gasteiger partial charge in [0.15, 0.2) is 5.78 Å². The summed E-state index contributed by atoms with van der Waals surface area (Å²) in [5.41, 5.74) is 3.34. The van der Waals surface area contributed by atoms with Gasteiger partial charge < -0.3 is 10.2 Å². The molecule has 26 heavy (non-hydrogen) atoms. The van der Waals surface area contributed by atoms with E-state index in [2.05, 4.69) is 0 Å². The number of rotatable bonds is 4. The molecule has 1 aliphatic carbocycles. The molecule has 0 saturated heterocycles. The quantitative estimate of drug-likeness (QED) is 0.817. The highest BCUT2D eigenvalue weighted by molar-refractivity contribution is 6.15. The zero-order chi connectivity index (χ0) is 18.7. The van der Waals surface area contributed by atoms with E-state index in [1.165, 1.54) is 24.3 Å². The van der Waals surface area contributed by atoms with Gasteiger partial charge in [0, 0.05) is 11.1 Å². The third-order valence-electron chi connectivity index (χ3n) is 4.24. The summed E-state index contributed by atoms with van der Waals surface area (Å²) in [7, 11) is 0. The van der Waals surface area contributed by atoms with Gasteiger partial charge in [-0.2, -0.15) is 0 Å². The first-order valence-corrected chi connectivity index (χ1v) is 8.06. The maximum Gasteiger partial charge on any atom is 0.335 e. The molecule has 0 aliphatic heterocycles. The minimum atomic E-state index is -0.986. The number of carboxylic acids is 2. The first kappa shape index (κ1) is 17.4. The average molecular weight is 348 g/mol. The van der Waals surface area contributed by atoms with Gasteiger partial charge in [-0.25, -0.2) is 9.59 Å². The van der Waals surface area contributed by atoms with Crippen LogP contribution < -0.4 is 0 Å². The van der Waals surface area contributed by atoms with Gasteiger partial charge in [0.1, 0.15) is 0 Å². The lowest BCUT2D eigenvalue weighted by molar-refractivity contribution is -0.111. The second kappa shape index (κ2) is 7.19. The Morgan fingerprint density at radius 1 is 0.692 bits per heavy atom. The third-order valence-corrected chi connectivity index (χ3v) is 4.24. The fraction of sp³-hybridized carbons (Fsp3) is 0.0952. The lowest BCUT2D eigenvalue weighted by Crippen LogP contribution is -1.97. The number of carbonyl (C=O) groups is 3. The van der Waals surface area contributed by atoms with Crippen LogP contribution in [0.2, 0.25) is 0 Å². The molecular weight excluding hydrogens is 332 g/mol. The van der Waals surface area contributed by atoms with Crippen molar-refractivity contribution < 1.29 is 24.6 Å². The van der Waals surface area contributed by atoms with Crippen LogP contribution in [0.5, 0.6) is 0 Å². The molecule has 2 aromatic carbocycles. The van der Waals surface area contributed by atoms with E-state index in [0.717, 1.165) is 11.1 Å². The van der Waals surface area contributed by atoms with Crippen LogP contribution in [0.15, 0.2) is 59.7 Å². The summed E-state index contributed by atoms with van der Waals surface area (Å²) in [4.78, 5) is 34.3. The van der Waals surface area contributed by atoms with Gasteiger partial charge in [-0.3, -0.25) is 4.79 Å². The molecule has 0 amide bonds. The lowest BCUT2D eigenvalue weighted by Gasteiger charge is -1.99. The number of carbonyl (C=O) groups excluding carboxylic acids is 1. The molecule has 3 rings (SSSR count). The molecule has 2 N–H and O–H groups in total. The van der Waals surface area contributed by atoms with E-state index in [1.807, 2.05) is 0 Å². The lowest BCUT2D eigenvalue weighted by atomic mass is 10.0. The molecule has 130 valence electrons. The van der Waals surface area contributed by atoms with Gasteiger partial charge >= 0.3 is 11.9 Å². The van der Waals surface area contributed by atoms with Crippen molar-refractivity contribution >= 4 is 29.9 Å². The number of ketones is 1. The largest absolute Gasteiger partial charge is 0.478 e. The Bertz CT molecular complexity index is 854. The second-order valence-corrected chi connectivity index (χ2v) is 6.02. The molecule has 1 fully saturated rings. The molecule has 1 saturated carbocycles. The Hall–Kier alpha value is -3.47. The van der Waals surface area contributed by atoms with Crippen molar-refractivity contribution in [2.24, 2.45) is 0 Å². The first-order valence-electron chi connectivity index (χ1n) is 8.06. The summed E-state index contributed by atoms with van der Waals surface area (Å²) < 4.78 is 0. The van der Waals surface area contributed by atoms with E-state index < -0.39 is 11.9 Å². The van der Waals surface area contributed by atoms with Crippen LogP contribution in [0.4, 0.5) is 0 Å². The predicted octanol–water partition coefficient (Wildman–Crippen LogP) is 3.91. The molecule has 0 radical (unpaired) electrons. The van der Waals surface area contributed by atoms with Crippen molar-refractivity contribution in [2.75, 3.05) is 0 Å². The van der Waals surface area contributed by atoms with Crippen LogP contribution in [0.1, 0.15) is 44.7 Å². The normalized spacial score (nSPS) is 17.0. The molecule has 0 aromatic heterocycles. The molecule has 5 heteroatoms. The predicted molar refractivity (Wildman–Crippen MR) is 97.0 cm³/mol. The number of allylic oxidation sites excluding steroid dienone is 2. The van der Waals surface area contributed by atoms with E-state index in [1.54, 1.807) is 36.4 Å². The summed E-state index contributed by atoms with van der Waals surface area (Å²) in [6.45, 7) is 0. The number of aromatic carboxylic acids is 2. The first-order chi connectivity index (χ1) is 12.4. The zero-order valence-electron chi connectivity index (χ0n) is 13.8. The highest BCUT2D eigenvalue weighted by Crippen LogP contribution is 2.29. The van der Waals surface area contributed by atoms with Crippen molar-refractivity contribution in [3.05, 3.63) is 81.9 Å². The zero-order valence-corrected chi connectivity index (χ0v) is 13.8. The summed E-state index contributed by atoms with van der Waals surface area (Å²) in [6.07, 6.45) is 4.81. The second-order valence-electron chi connectivity index (χ2n) is 6.02. The van der Waals surface area contributed by atoms with Crippen LogP contribution in [-0.2, 0) is 4.79 Å². The van der Waals surface area contributed by atoms with Gasteiger partial charge in [0.05, 0.1) is 11.1 Å². The third kappa shape index (κ3) is 3.78. The smallest absolute Gasteiger partial charge is 0.335 e. The monoisotopic (exact) mass is 348 g/mol. The van der Waals surface area contributed by atoms with E-state index in [4.69, 9.17) is 10.2 Å². The molecular formula is C21H16O5. The number of Topliss-reactive ketones (excluding diaryl/α,β-unsaturated/α-hetero) is 1. The van der Waals surface area contributed by atoms with Crippen LogP contribution in [-0.4, -0.2) is 27.9 Å². The fourth-order valence-electron chi connectivity index (χ4n) is 2.82. The van der Waals surface area contributed by atoms with Crippen molar-refractivity contribution in [1.29, 1.82) is 0 Å². The molecule has 0 heterocycles. The number of carboxylic acid groups (broad SMARTS) is 2. The van der Waals surface area contributed by atoms with Crippen LogP contribution in [0.3, 0.4) is 0 Å². The van der Waals surface area contributed by atoms with Crippen molar-refractivity contribution in [3.8, 4) is 0 Å². The Balaban J connectivity index is 1.78. The maximum absolute atomic E-state index is 12.5. The van der Waals surface area contributed by atoms with E-state index in [-0.39, 0.29) is 16.9 Å². The Kier molecular flexibility index (Phi) is 4.80. The molecule has 0 bridgehead atoms. The summed E-state index contributed by atoms with van der Waals surface area (Å²) in [6, 6.07) is 12.7. The van der Waals surface area contributed by atoms with Gasteiger partial charge in [0.2, 0.25) is 0 Å². The summed E-state index contributed by atoms with van der Waals surface area (Å²) in [5, 5.41) is 17.8. The molecule has 2 aromatic rings.